The number of anilines is 1. The maximum Gasteiger partial charge on any atom is 0.251 e. The van der Waals surface area contributed by atoms with Gasteiger partial charge in [0, 0.05) is 18.2 Å². The highest BCUT2D eigenvalue weighted by atomic mass is 19.1. The highest BCUT2D eigenvalue weighted by molar-refractivity contribution is 5.94. The molecule has 1 aliphatic rings. The lowest BCUT2D eigenvalue weighted by Crippen LogP contribution is -2.41. The maximum atomic E-state index is 13.6. The summed E-state index contributed by atoms with van der Waals surface area (Å²) in [5, 5.41) is 2.75. The standard InChI is InChI=1S/C14H20F2N4O/c1-9(8-20-4-2-3-5-20)18-14(21)10-6-11(15)13(19-17)12(16)7-10/h6-7,9,19H,2-5,8,17H2,1H3,(H,18,21). The molecular formula is C14H20F2N4O. The molecule has 1 aromatic rings. The minimum absolute atomic E-state index is 0.0581. The fourth-order valence-corrected chi connectivity index (χ4v) is 2.55. The van der Waals surface area contributed by atoms with Gasteiger partial charge in [0.05, 0.1) is 0 Å². The second kappa shape index (κ2) is 6.82. The summed E-state index contributed by atoms with van der Waals surface area (Å²) in [4.78, 5) is 14.3. The number of rotatable bonds is 5. The average Bonchev–Trinajstić information content (AvgIpc) is 2.90. The third kappa shape index (κ3) is 3.89. The van der Waals surface area contributed by atoms with Crippen LogP contribution in [0.3, 0.4) is 0 Å². The predicted octanol–water partition coefficient (Wildman–Crippen LogP) is 1.46. The van der Waals surface area contributed by atoms with Gasteiger partial charge in [-0.05, 0) is 45.0 Å². The lowest BCUT2D eigenvalue weighted by atomic mass is 10.1. The molecule has 5 nitrogen and oxygen atoms in total. The number of carbonyl (C=O) groups excluding carboxylic acids is 1. The summed E-state index contributed by atoms with van der Waals surface area (Å²) in [6.45, 7) is 4.67. The van der Waals surface area contributed by atoms with Crippen molar-refractivity contribution in [1.29, 1.82) is 0 Å². The van der Waals surface area contributed by atoms with Gasteiger partial charge < -0.3 is 15.6 Å². The summed E-state index contributed by atoms with van der Waals surface area (Å²) in [6.07, 6.45) is 2.34. The Labute approximate surface area is 122 Å². The number of benzene rings is 1. The Morgan fingerprint density at radius 2 is 1.90 bits per heavy atom. The van der Waals surface area contributed by atoms with Gasteiger partial charge in [-0.2, -0.15) is 0 Å². The number of hydrazine groups is 1. The fraction of sp³-hybridized carbons (Fsp3) is 0.500. The molecule has 0 spiro atoms. The number of nitrogen functional groups attached to an aromatic ring is 1. The summed E-state index contributed by atoms with van der Waals surface area (Å²) in [5.74, 6) is 2.73. The molecule has 2 rings (SSSR count). The number of halogens is 2. The number of nitrogens with two attached hydrogens (primary N) is 1. The SMILES string of the molecule is CC(CN1CCCC1)NC(=O)c1cc(F)c(NN)c(F)c1. The van der Waals surface area contributed by atoms with Crippen LogP contribution < -0.4 is 16.6 Å². The number of amides is 1. The first-order valence-electron chi connectivity index (χ1n) is 7.00. The zero-order valence-corrected chi connectivity index (χ0v) is 12.0. The molecule has 7 heteroatoms. The van der Waals surface area contributed by atoms with E-state index in [0.717, 1.165) is 31.8 Å². The van der Waals surface area contributed by atoms with Gasteiger partial charge in [-0.1, -0.05) is 0 Å². The summed E-state index contributed by atoms with van der Waals surface area (Å²) in [6, 6.07) is 1.85. The molecule has 21 heavy (non-hydrogen) atoms. The molecule has 1 amide bonds. The quantitative estimate of drug-likeness (QED) is 0.568. The molecular weight excluding hydrogens is 278 g/mol. The van der Waals surface area contributed by atoms with Gasteiger partial charge in [0.25, 0.3) is 5.91 Å². The number of hydrogen-bond donors (Lipinski definition) is 3. The second-order valence-corrected chi connectivity index (χ2v) is 5.34. The first-order valence-corrected chi connectivity index (χ1v) is 7.00. The van der Waals surface area contributed by atoms with E-state index in [1.165, 1.54) is 12.8 Å². The predicted molar refractivity (Wildman–Crippen MR) is 76.8 cm³/mol. The Balaban J connectivity index is 1.99. The van der Waals surface area contributed by atoms with E-state index in [4.69, 9.17) is 5.84 Å². The topological polar surface area (TPSA) is 70.4 Å². The van der Waals surface area contributed by atoms with Crippen LogP contribution in [0.15, 0.2) is 12.1 Å². The van der Waals surface area contributed by atoms with E-state index in [1.54, 1.807) is 0 Å². The van der Waals surface area contributed by atoms with Crippen LogP contribution in [0.4, 0.5) is 14.5 Å². The molecule has 116 valence electrons. The van der Waals surface area contributed by atoms with E-state index in [9.17, 15) is 13.6 Å². The zero-order valence-electron chi connectivity index (χ0n) is 12.0. The van der Waals surface area contributed by atoms with Crippen LogP contribution >= 0.6 is 0 Å². The number of likely N-dealkylation sites (tertiary alicyclic amines) is 1. The Hall–Kier alpha value is -1.73. The largest absolute Gasteiger partial charge is 0.348 e. The van der Waals surface area contributed by atoms with Crippen molar-refractivity contribution in [3.8, 4) is 0 Å². The van der Waals surface area contributed by atoms with E-state index in [1.807, 2.05) is 12.3 Å². The fourth-order valence-electron chi connectivity index (χ4n) is 2.55. The van der Waals surface area contributed by atoms with Crippen LogP contribution in [0.5, 0.6) is 0 Å². The van der Waals surface area contributed by atoms with Gasteiger partial charge >= 0.3 is 0 Å². The third-order valence-corrected chi connectivity index (χ3v) is 3.56. The molecule has 0 saturated carbocycles. The molecule has 1 atom stereocenters. The molecule has 1 fully saturated rings. The molecule has 1 unspecified atom stereocenters. The van der Waals surface area contributed by atoms with E-state index in [0.29, 0.717) is 0 Å². The molecule has 0 aliphatic carbocycles. The summed E-state index contributed by atoms with van der Waals surface area (Å²) in [7, 11) is 0. The smallest absolute Gasteiger partial charge is 0.251 e. The molecule has 1 heterocycles. The monoisotopic (exact) mass is 298 g/mol. The zero-order chi connectivity index (χ0) is 15.4. The van der Waals surface area contributed by atoms with Crippen molar-refractivity contribution in [2.45, 2.75) is 25.8 Å². The van der Waals surface area contributed by atoms with Crippen LogP contribution in [0.25, 0.3) is 0 Å². The molecule has 1 aromatic carbocycles. The van der Waals surface area contributed by atoms with Crippen LogP contribution in [-0.2, 0) is 0 Å². The first-order chi connectivity index (χ1) is 10.0. The molecule has 1 aliphatic heterocycles. The Kier molecular flexibility index (Phi) is 5.08. The van der Waals surface area contributed by atoms with Crippen molar-refractivity contribution >= 4 is 11.6 Å². The number of carbonyl (C=O) groups is 1. The van der Waals surface area contributed by atoms with Crippen molar-refractivity contribution in [2.75, 3.05) is 25.1 Å². The third-order valence-electron chi connectivity index (χ3n) is 3.56. The van der Waals surface area contributed by atoms with E-state index in [-0.39, 0.29) is 11.6 Å². The number of nitrogens with one attached hydrogen (secondary N) is 2. The summed E-state index contributed by atoms with van der Waals surface area (Å²) < 4.78 is 27.1. The average molecular weight is 298 g/mol. The molecule has 1 saturated heterocycles. The van der Waals surface area contributed by atoms with E-state index in [2.05, 4.69) is 10.2 Å². The van der Waals surface area contributed by atoms with Crippen molar-refractivity contribution < 1.29 is 13.6 Å². The van der Waals surface area contributed by atoms with Crippen LogP contribution in [0.2, 0.25) is 0 Å². The Morgan fingerprint density at radius 3 is 2.43 bits per heavy atom. The molecule has 4 N–H and O–H groups in total. The Bertz CT molecular complexity index is 495. The first kappa shape index (κ1) is 15.7. The van der Waals surface area contributed by atoms with Gasteiger partial charge in [0.2, 0.25) is 0 Å². The van der Waals surface area contributed by atoms with Gasteiger partial charge in [-0.3, -0.25) is 10.6 Å². The lowest BCUT2D eigenvalue weighted by Gasteiger charge is -2.21. The van der Waals surface area contributed by atoms with Gasteiger partial charge in [0.15, 0.2) is 11.6 Å². The normalized spacial score (nSPS) is 16.8. The molecule has 0 radical (unpaired) electrons. The molecule has 0 bridgehead atoms. The van der Waals surface area contributed by atoms with Crippen molar-refractivity contribution in [3.05, 3.63) is 29.3 Å². The lowest BCUT2D eigenvalue weighted by molar-refractivity contribution is 0.0931. The van der Waals surface area contributed by atoms with Crippen LogP contribution in [0, 0.1) is 11.6 Å². The van der Waals surface area contributed by atoms with Crippen molar-refractivity contribution in [3.63, 3.8) is 0 Å². The highest BCUT2D eigenvalue weighted by Gasteiger charge is 2.18. The van der Waals surface area contributed by atoms with Crippen molar-refractivity contribution in [2.24, 2.45) is 5.84 Å². The minimum Gasteiger partial charge on any atom is -0.348 e. The summed E-state index contributed by atoms with van der Waals surface area (Å²) in [5.41, 5.74) is 1.42. The molecule has 0 aromatic heterocycles. The summed E-state index contributed by atoms with van der Waals surface area (Å²) >= 11 is 0. The van der Waals surface area contributed by atoms with Crippen LogP contribution in [-0.4, -0.2) is 36.5 Å². The maximum absolute atomic E-state index is 13.6. The van der Waals surface area contributed by atoms with Gasteiger partial charge in [0.1, 0.15) is 5.69 Å². The minimum atomic E-state index is -0.894. The van der Waals surface area contributed by atoms with E-state index < -0.39 is 23.2 Å². The van der Waals surface area contributed by atoms with E-state index >= 15 is 0 Å². The van der Waals surface area contributed by atoms with Crippen LogP contribution in [0.1, 0.15) is 30.1 Å². The number of nitrogens with zero attached hydrogens (tertiary/aromatic N) is 1. The number of hydrogen-bond acceptors (Lipinski definition) is 4. The Morgan fingerprint density at radius 1 is 1.33 bits per heavy atom. The van der Waals surface area contributed by atoms with Gasteiger partial charge in [-0.25, -0.2) is 8.78 Å². The van der Waals surface area contributed by atoms with Crippen molar-refractivity contribution in [1.82, 2.24) is 10.2 Å². The highest BCUT2D eigenvalue weighted by Crippen LogP contribution is 2.19. The van der Waals surface area contributed by atoms with Gasteiger partial charge in [-0.15, -0.1) is 0 Å². The second-order valence-electron chi connectivity index (χ2n) is 5.34.